The number of carbonyl (C=O) groups excluding carboxylic acids is 2. The van der Waals surface area contributed by atoms with Gasteiger partial charge in [-0.1, -0.05) is 135 Å². The van der Waals surface area contributed by atoms with Crippen LogP contribution in [0.1, 0.15) is 161 Å². The van der Waals surface area contributed by atoms with E-state index in [4.69, 9.17) is 9.47 Å². The molecule has 0 unspecified atom stereocenters. The summed E-state index contributed by atoms with van der Waals surface area (Å²) in [5.74, 6) is 0.979. The predicted molar refractivity (Wildman–Crippen MR) is 169 cm³/mol. The van der Waals surface area contributed by atoms with Gasteiger partial charge in [0.15, 0.2) is 0 Å². The Morgan fingerprint density at radius 2 is 1.14 bits per heavy atom. The third-order valence-electron chi connectivity index (χ3n) is 7.37. The Morgan fingerprint density at radius 1 is 0.705 bits per heavy atom. The molecule has 0 aromatic carbocycles. The van der Waals surface area contributed by atoms with Crippen LogP contribution in [-0.2, 0) is 28.2 Å². The van der Waals surface area contributed by atoms with Gasteiger partial charge < -0.3 is 28.3 Å². The molecule has 0 heterocycles. The van der Waals surface area contributed by atoms with Crippen molar-refractivity contribution in [3.63, 3.8) is 0 Å². The first-order valence-corrected chi connectivity index (χ1v) is 19.5. The zero-order valence-corrected chi connectivity index (χ0v) is 34.3. The fraction of sp³-hybridized carbons (Fsp3) is 0.938. The van der Waals surface area contributed by atoms with Gasteiger partial charge in [0.1, 0.15) is 6.10 Å². The van der Waals surface area contributed by atoms with E-state index in [1.54, 1.807) is 11.8 Å². The number of carbonyl (C=O) groups is 2. The first kappa shape index (κ1) is 49.8. The third-order valence-corrected chi connectivity index (χ3v) is 9.02. The molecule has 0 N–H and O–H groups in total. The van der Waals surface area contributed by atoms with Gasteiger partial charge in [0, 0.05) is 12.2 Å². The molecule has 0 bridgehead atoms. The van der Waals surface area contributed by atoms with Gasteiger partial charge in [-0.2, -0.15) is 11.8 Å². The van der Waals surface area contributed by atoms with Crippen molar-refractivity contribution < 1.29 is 97.1 Å². The number of esters is 1. The van der Waals surface area contributed by atoms with Gasteiger partial charge in [0.25, 0.3) is 6.47 Å². The summed E-state index contributed by atoms with van der Waals surface area (Å²) in [6, 6.07) is 0. The standard InChI is InChI=1S/C32H63O8PS.2Na/c1-2-3-4-5-6-7-13-16-19-22-25-32(34)40-31(28-39-41(35,36)37)29-42-27-24-21-18-15-12-10-8-9-11-14-17-20-23-26-38-30-33;;/h30-31H,2-29H2,1H3,(H2,35,36,37);;/q;2*+1/p-2/t31-;;/m1../s1. The maximum absolute atomic E-state index is 12.3. The van der Waals surface area contributed by atoms with Gasteiger partial charge in [-0.3, -0.25) is 9.59 Å². The normalized spacial score (nSPS) is 11.8. The Labute approximate surface area is 318 Å². The first-order chi connectivity index (χ1) is 20.4. The maximum Gasteiger partial charge on any atom is 1.00 e. The molecule has 0 aliphatic carbocycles. The summed E-state index contributed by atoms with van der Waals surface area (Å²) in [5, 5.41) is 0. The van der Waals surface area contributed by atoms with Crippen LogP contribution in [0.15, 0.2) is 0 Å². The van der Waals surface area contributed by atoms with Crippen LogP contribution in [0.4, 0.5) is 0 Å². The molecular weight excluding hydrogens is 621 g/mol. The second-order valence-electron chi connectivity index (χ2n) is 11.4. The molecule has 1 atom stereocenters. The average Bonchev–Trinajstić information content (AvgIpc) is 2.95. The van der Waals surface area contributed by atoms with Crippen molar-refractivity contribution in [2.75, 3.05) is 24.7 Å². The first-order valence-electron chi connectivity index (χ1n) is 16.9. The van der Waals surface area contributed by atoms with Crippen molar-refractivity contribution in [1.82, 2.24) is 0 Å². The Bertz CT molecular complexity index is 658. The van der Waals surface area contributed by atoms with Crippen molar-refractivity contribution in [1.29, 1.82) is 0 Å². The summed E-state index contributed by atoms with van der Waals surface area (Å²) in [6.45, 7) is 2.88. The Morgan fingerprint density at radius 3 is 1.59 bits per heavy atom. The quantitative estimate of drug-likeness (QED) is 0.0330. The fourth-order valence-corrected chi connectivity index (χ4v) is 6.24. The molecule has 44 heavy (non-hydrogen) atoms. The number of ether oxygens (including phenoxy) is 2. The molecule has 0 fully saturated rings. The molecular formula is C32H61Na2O8PS. The zero-order valence-electron chi connectivity index (χ0n) is 28.6. The Hall–Kier alpha value is 1.40. The van der Waals surface area contributed by atoms with Gasteiger partial charge in [-0.05, 0) is 25.0 Å². The smallest absolute Gasteiger partial charge is 0.790 e. The molecule has 0 spiro atoms. The van der Waals surface area contributed by atoms with Gasteiger partial charge in [-0.25, -0.2) is 0 Å². The van der Waals surface area contributed by atoms with Crippen LogP contribution >= 0.6 is 19.6 Å². The van der Waals surface area contributed by atoms with E-state index in [0.29, 0.717) is 25.3 Å². The number of phosphoric ester groups is 1. The van der Waals surface area contributed by atoms with Crippen LogP contribution in [0.2, 0.25) is 0 Å². The number of phosphoric acid groups is 1. The van der Waals surface area contributed by atoms with Crippen molar-refractivity contribution in [2.24, 2.45) is 0 Å². The van der Waals surface area contributed by atoms with Crippen LogP contribution in [0.25, 0.3) is 0 Å². The van der Waals surface area contributed by atoms with Crippen LogP contribution in [-0.4, -0.2) is 43.3 Å². The SMILES string of the molecule is CCCCCCCCCCCCC(=O)O[C@H](COP(=O)([O-])[O-])CSCCCCCCCCCCCCCCCOC=O.[Na+].[Na+]. The molecule has 8 nitrogen and oxygen atoms in total. The van der Waals surface area contributed by atoms with E-state index in [9.17, 15) is 23.9 Å². The summed E-state index contributed by atoms with van der Waals surface area (Å²) in [6.07, 6.45) is 27.1. The van der Waals surface area contributed by atoms with Crippen molar-refractivity contribution in [3.05, 3.63) is 0 Å². The average molecular weight is 683 g/mol. The predicted octanol–water partition coefficient (Wildman–Crippen LogP) is 2.04. The summed E-state index contributed by atoms with van der Waals surface area (Å²) in [7, 11) is -5.10. The van der Waals surface area contributed by atoms with Crippen LogP contribution in [0, 0.1) is 0 Å². The van der Waals surface area contributed by atoms with Gasteiger partial charge >= 0.3 is 65.1 Å². The number of rotatable bonds is 34. The molecule has 0 amide bonds. The summed E-state index contributed by atoms with van der Waals surface area (Å²) in [4.78, 5) is 44.2. The van der Waals surface area contributed by atoms with E-state index in [2.05, 4.69) is 11.4 Å². The molecule has 0 aliphatic rings. The number of thioether (sulfide) groups is 1. The molecule has 0 radical (unpaired) electrons. The molecule has 0 aromatic heterocycles. The van der Waals surface area contributed by atoms with E-state index in [1.165, 1.54) is 103 Å². The van der Waals surface area contributed by atoms with E-state index in [1.807, 2.05) is 0 Å². The van der Waals surface area contributed by atoms with Gasteiger partial charge in [0.05, 0.1) is 21.0 Å². The molecule has 0 saturated heterocycles. The fourth-order valence-electron chi connectivity index (χ4n) is 4.89. The van der Waals surface area contributed by atoms with E-state index in [0.717, 1.165) is 50.7 Å². The second-order valence-corrected chi connectivity index (χ2v) is 13.7. The maximum atomic E-state index is 12.3. The molecule has 12 heteroatoms. The van der Waals surface area contributed by atoms with Crippen molar-refractivity contribution in [2.45, 2.75) is 167 Å². The van der Waals surface area contributed by atoms with Crippen LogP contribution in [0.3, 0.4) is 0 Å². The topological polar surface area (TPSA) is 125 Å². The zero-order chi connectivity index (χ0) is 31.0. The molecule has 0 rings (SSSR count). The minimum atomic E-state index is -5.10. The second kappa shape index (κ2) is 38.8. The van der Waals surface area contributed by atoms with Crippen molar-refractivity contribution >= 4 is 32.0 Å². The molecule has 250 valence electrons. The summed E-state index contributed by atoms with van der Waals surface area (Å²) < 4.78 is 25.5. The number of hydrogen-bond acceptors (Lipinski definition) is 9. The van der Waals surface area contributed by atoms with Crippen molar-refractivity contribution in [3.8, 4) is 0 Å². The number of hydrogen-bond donors (Lipinski definition) is 0. The summed E-state index contributed by atoms with van der Waals surface area (Å²) in [5.41, 5.74) is 0. The Balaban J connectivity index is -0.00000840. The minimum absolute atomic E-state index is 0. The molecule has 0 aromatic rings. The minimum Gasteiger partial charge on any atom is -0.790 e. The third kappa shape index (κ3) is 41.4. The van der Waals surface area contributed by atoms with E-state index >= 15 is 0 Å². The van der Waals surface area contributed by atoms with Crippen LogP contribution < -0.4 is 68.9 Å². The number of unbranched alkanes of at least 4 members (excludes halogenated alkanes) is 21. The van der Waals surface area contributed by atoms with E-state index < -0.39 is 20.5 Å². The summed E-state index contributed by atoms with van der Waals surface area (Å²) >= 11 is 1.61. The monoisotopic (exact) mass is 682 g/mol. The molecule has 0 saturated carbocycles. The van der Waals surface area contributed by atoms with Crippen LogP contribution in [0.5, 0.6) is 0 Å². The Kier molecular flexibility index (Phi) is 44.0. The largest absolute Gasteiger partial charge is 1.00 e. The van der Waals surface area contributed by atoms with Gasteiger partial charge in [-0.15, -0.1) is 0 Å². The molecule has 0 aliphatic heterocycles. The van der Waals surface area contributed by atoms with Gasteiger partial charge in [0.2, 0.25) is 0 Å². The van der Waals surface area contributed by atoms with E-state index in [-0.39, 0.29) is 65.1 Å².